The van der Waals surface area contributed by atoms with Gasteiger partial charge < -0.3 is 14.4 Å². The molecule has 0 bridgehead atoms. The van der Waals surface area contributed by atoms with E-state index in [2.05, 4.69) is 0 Å². The van der Waals surface area contributed by atoms with E-state index in [-0.39, 0.29) is 25.0 Å². The predicted molar refractivity (Wildman–Crippen MR) is 99.2 cm³/mol. The maximum atomic E-state index is 12.7. The summed E-state index contributed by atoms with van der Waals surface area (Å²) in [6.45, 7) is 1.33. The number of fused-ring (bicyclic) bond motifs is 1. The molecule has 0 spiro atoms. The minimum Gasteiger partial charge on any atom is -0.454 e. The molecule has 0 N–H and O–H groups in total. The number of likely N-dealkylation sites (N-methyl/N-ethyl adjacent to an activating group) is 1. The minimum atomic E-state index is -3.65. The lowest BCUT2D eigenvalue weighted by molar-refractivity contribution is -0.116. The second-order valence-corrected chi connectivity index (χ2v) is 7.92. The summed E-state index contributed by atoms with van der Waals surface area (Å²) in [5.74, 6) is 0.549. The third-order valence-corrected chi connectivity index (χ3v) is 5.88. The van der Waals surface area contributed by atoms with Crippen molar-refractivity contribution in [3.63, 3.8) is 0 Å². The summed E-state index contributed by atoms with van der Waals surface area (Å²) in [5, 5.41) is 0. The fourth-order valence-electron chi connectivity index (χ4n) is 2.57. The van der Waals surface area contributed by atoms with Crippen molar-refractivity contribution >= 4 is 27.3 Å². The Morgan fingerprint density at radius 3 is 2.42 bits per heavy atom. The summed E-state index contributed by atoms with van der Waals surface area (Å²) in [6, 6.07) is 13.9. The fraction of sp³-hybridized carbons (Fsp3) is 0.278. The van der Waals surface area contributed by atoms with Gasteiger partial charge in [-0.25, -0.2) is 8.42 Å². The Morgan fingerprint density at radius 2 is 1.73 bits per heavy atom. The third-order valence-electron chi connectivity index (χ3n) is 4.14. The molecule has 138 valence electrons. The van der Waals surface area contributed by atoms with E-state index in [1.54, 1.807) is 44.3 Å². The van der Waals surface area contributed by atoms with Crippen LogP contribution in [0.5, 0.6) is 11.5 Å². The van der Waals surface area contributed by atoms with E-state index in [0.717, 1.165) is 4.31 Å². The number of anilines is 2. The Labute approximate surface area is 152 Å². The number of carbonyl (C=O) groups is 1. The summed E-state index contributed by atoms with van der Waals surface area (Å²) in [5.41, 5.74) is 1.06. The van der Waals surface area contributed by atoms with Gasteiger partial charge in [0, 0.05) is 18.8 Å². The Hall–Kier alpha value is -2.74. The Morgan fingerprint density at radius 1 is 1.04 bits per heavy atom. The first-order valence-corrected chi connectivity index (χ1v) is 9.75. The van der Waals surface area contributed by atoms with E-state index in [1.165, 1.54) is 4.90 Å². The monoisotopic (exact) mass is 376 g/mol. The lowest BCUT2D eigenvalue weighted by atomic mass is 10.2. The number of hydrogen-bond acceptors (Lipinski definition) is 5. The molecule has 0 atom stereocenters. The zero-order valence-corrected chi connectivity index (χ0v) is 15.4. The summed E-state index contributed by atoms with van der Waals surface area (Å²) in [6.07, 6.45) is 0. The molecule has 0 saturated heterocycles. The van der Waals surface area contributed by atoms with Crippen molar-refractivity contribution in [2.75, 3.05) is 35.3 Å². The van der Waals surface area contributed by atoms with Crippen LogP contribution in [0, 0.1) is 0 Å². The van der Waals surface area contributed by atoms with E-state index >= 15 is 0 Å². The molecule has 1 amide bonds. The Balaban J connectivity index is 1.89. The maximum Gasteiger partial charge on any atom is 0.247 e. The van der Waals surface area contributed by atoms with Gasteiger partial charge in [-0.3, -0.25) is 9.10 Å². The van der Waals surface area contributed by atoms with E-state index < -0.39 is 10.0 Å². The summed E-state index contributed by atoms with van der Waals surface area (Å²) in [4.78, 5) is 14.1. The second kappa shape index (κ2) is 7.25. The van der Waals surface area contributed by atoms with Crippen LogP contribution < -0.4 is 18.7 Å². The van der Waals surface area contributed by atoms with Gasteiger partial charge in [-0.2, -0.15) is 0 Å². The molecule has 1 heterocycles. The highest BCUT2D eigenvalue weighted by Crippen LogP contribution is 2.36. The average Bonchev–Trinajstić information content (AvgIpc) is 3.13. The van der Waals surface area contributed by atoms with Gasteiger partial charge >= 0.3 is 0 Å². The molecule has 1 aliphatic heterocycles. The minimum absolute atomic E-state index is 0.0923. The van der Waals surface area contributed by atoms with Crippen LogP contribution in [0.2, 0.25) is 0 Å². The van der Waals surface area contributed by atoms with E-state index in [1.807, 2.05) is 18.2 Å². The molecular formula is C18H20N2O5S. The number of para-hydroxylation sites is 1. The molecule has 3 rings (SSSR count). The second-order valence-electron chi connectivity index (χ2n) is 5.73. The number of sulfonamides is 1. The highest BCUT2D eigenvalue weighted by Gasteiger charge is 2.27. The van der Waals surface area contributed by atoms with Gasteiger partial charge in [0.15, 0.2) is 11.5 Å². The number of carbonyl (C=O) groups excluding carboxylic acids is 1. The van der Waals surface area contributed by atoms with Gasteiger partial charge in [-0.1, -0.05) is 18.2 Å². The SMILES string of the molecule is CCS(=O)(=O)N(CC(=O)N(C)c1ccccc1)c1ccc2c(c1)OCO2. The van der Waals surface area contributed by atoms with Crippen molar-refractivity contribution in [1.29, 1.82) is 0 Å². The summed E-state index contributed by atoms with van der Waals surface area (Å²) in [7, 11) is -2.03. The molecule has 0 saturated carbocycles. The van der Waals surface area contributed by atoms with Gasteiger partial charge in [0.25, 0.3) is 0 Å². The van der Waals surface area contributed by atoms with Crippen molar-refractivity contribution in [1.82, 2.24) is 0 Å². The van der Waals surface area contributed by atoms with Crippen molar-refractivity contribution in [3.05, 3.63) is 48.5 Å². The average molecular weight is 376 g/mol. The largest absolute Gasteiger partial charge is 0.454 e. The first-order chi connectivity index (χ1) is 12.4. The normalized spacial score (nSPS) is 12.7. The van der Waals surface area contributed by atoms with Crippen molar-refractivity contribution in [3.8, 4) is 11.5 Å². The van der Waals surface area contributed by atoms with Crippen LogP contribution in [-0.4, -0.2) is 40.5 Å². The third kappa shape index (κ3) is 3.60. The van der Waals surface area contributed by atoms with E-state index in [0.29, 0.717) is 22.9 Å². The van der Waals surface area contributed by atoms with Crippen LogP contribution in [0.4, 0.5) is 11.4 Å². The molecule has 8 heteroatoms. The van der Waals surface area contributed by atoms with E-state index in [4.69, 9.17) is 9.47 Å². The highest BCUT2D eigenvalue weighted by molar-refractivity contribution is 7.92. The summed E-state index contributed by atoms with van der Waals surface area (Å²) < 4.78 is 36.8. The van der Waals surface area contributed by atoms with Gasteiger partial charge in [-0.05, 0) is 31.2 Å². The molecule has 0 aliphatic carbocycles. The number of nitrogens with zero attached hydrogens (tertiary/aromatic N) is 2. The van der Waals surface area contributed by atoms with Crippen molar-refractivity contribution in [2.45, 2.75) is 6.92 Å². The molecule has 26 heavy (non-hydrogen) atoms. The molecule has 1 aliphatic rings. The zero-order valence-electron chi connectivity index (χ0n) is 14.6. The molecule has 2 aromatic carbocycles. The van der Waals surface area contributed by atoms with E-state index in [9.17, 15) is 13.2 Å². The molecule has 0 unspecified atom stereocenters. The number of benzene rings is 2. The van der Waals surface area contributed by atoms with Crippen molar-refractivity contribution < 1.29 is 22.7 Å². The lowest BCUT2D eigenvalue weighted by Gasteiger charge is -2.26. The topological polar surface area (TPSA) is 76.2 Å². The highest BCUT2D eigenvalue weighted by atomic mass is 32.2. The number of amides is 1. The Bertz CT molecular complexity index is 899. The number of rotatable bonds is 6. The predicted octanol–water partition coefficient (Wildman–Crippen LogP) is 2.23. The first kappa shape index (κ1) is 18.1. The fourth-order valence-corrected chi connectivity index (χ4v) is 3.62. The smallest absolute Gasteiger partial charge is 0.247 e. The Kier molecular flexibility index (Phi) is 5.03. The standard InChI is InChI=1S/C18H20N2O5S/c1-3-26(22,23)20(15-9-10-16-17(11-15)25-13-24-16)12-18(21)19(2)14-7-5-4-6-8-14/h4-11H,3,12-13H2,1-2H3. The van der Waals surface area contributed by atoms with Crippen LogP contribution in [0.1, 0.15) is 6.92 Å². The molecule has 0 radical (unpaired) electrons. The maximum absolute atomic E-state index is 12.7. The van der Waals surface area contributed by atoms with Crippen LogP contribution in [-0.2, 0) is 14.8 Å². The van der Waals surface area contributed by atoms with Crippen LogP contribution in [0.3, 0.4) is 0 Å². The van der Waals surface area contributed by atoms with Crippen LogP contribution in [0.15, 0.2) is 48.5 Å². The lowest BCUT2D eigenvalue weighted by Crippen LogP contribution is -2.42. The van der Waals surface area contributed by atoms with Gasteiger partial charge in [-0.15, -0.1) is 0 Å². The molecule has 2 aromatic rings. The molecular weight excluding hydrogens is 356 g/mol. The quantitative estimate of drug-likeness (QED) is 0.773. The zero-order chi connectivity index (χ0) is 18.7. The number of ether oxygens (including phenoxy) is 2. The van der Waals surface area contributed by atoms with Crippen LogP contribution >= 0.6 is 0 Å². The molecule has 0 fully saturated rings. The molecule has 0 aromatic heterocycles. The van der Waals surface area contributed by atoms with Gasteiger partial charge in [0.1, 0.15) is 6.54 Å². The van der Waals surface area contributed by atoms with Crippen LogP contribution in [0.25, 0.3) is 0 Å². The number of hydrogen-bond donors (Lipinski definition) is 0. The first-order valence-electron chi connectivity index (χ1n) is 8.14. The van der Waals surface area contributed by atoms with Gasteiger partial charge in [0.05, 0.1) is 11.4 Å². The van der Waals surface area contributed by atoms with Gasteiger partial charge in [0.2, 0.25) is 22.7 Å². The van der Waals surface area contributed by atoms with Crippen molar-refractivity contribution in [2.24, 2.45) is 0 Å². The summed E-state index contributed by atoms with van der Waals surface area (Å²) >= 11 is 0. The molecule has 7 nitrogen and oxygen atoms in total.